The van der Waals surface area contributed by atoms with Crippen LogP contribution in [0.4, 0.5) is 16.2 Å². The number of nitrogens with one attached hydrogen (secondary N) is 3. The van der Waals surface area contributed by atoms with Crippen molar-refractivity contribution in [3.63, 3.8) is 0 Å². The van der Waals surface area contributed by atoms with E-state index >= 15 is 0 Å². The van der Waals surface area contributed by atoms with Crippen molar-refractivity contribution in [2.75, 3.05) is 17.2 Å². The SMILES string of the molecule is Fc1ccccc1CNc1cnnc(NCCc2c[nH]c3ccccc23)n1. The van der Waals surface area contributed by atoms with Gasteiger partial charge in [0, 0.05) is 35.8 Å². The highest BCUT2D eigenvalue weighted by atomic mass is 19.1. The first-order valence-corrected chi connectivity index (χ1v) is 8.75. The number of halogens is 1. The number of fused-ring (bicyclic) bond motifs is 1. The molecule has 2 aromatic heterocycles. The second-order valence-electron chi connectivity index (χ2n) is 6.15. The van der Waals surface area contributed by atoms with Crippen LogP contribution in [0.2, 0.25) is 0 Å². The first kappa shape index (κ1) is 17.0. The number of benzene rings is 2. The number of anilines is 2. The molecule has 2 heterocycles. The molecule has 0 saturated heterocycles. The van der Waals surface area contributed by atoms with E-state index in [9.17, 15) is 4.39 Å². The van der Waals surface area contributed by atoms with Crippen molar-refractivity contribution >= 4 is 22.7 Å². The van der Waals surface area contributed by atoms with E-state index < -0.39 is 0 Å². The fourth-order valence-corrected chi connectivity index (χ4v) is 2.94. The lowest BCUT2D eigenvalue weighted by molar-refractivity contribution is 0.613. The van der Waals surface area contributed by atoms with Gasteiger partial charge in [0.05, 0.1) is 6.20 Å². The summed E-state index contributed by atoms with van der Waals surface area (Å²) in [5.74, 6) is 0.736. The maximum atomic E-state index is 13.7. The lowest BCUT2D eigenvalue weighted by Crippen LogP contribution is -2.11. The second kappa shape index (κ2) is 7.82. The van der Waals surface area contributed by atoms with Gasteiger partial charge in [0.1, 0.15) is 5.82 Å². The molecule has 0 aliphatic heterocycles. The lowest BCUT2D eigenvalue weighted by atomic mass is 10.1. The number of hydrogen-bond donors (Lipinski definition) is 3. The average Bonchev–Trinajstić information content (AvgIpc) is 3.11. The van der Waals surface area contributed by atoms with Crippen molar-refractivity contribution < 1.29 is 4.39 Å². The van der Waals surface area contributed by atoms with Gasteiger partial charge in [-0.2, -0.15) is 10.1 Å². The van der Waals surface area contributed by atoms with Crippen LogP contribution >= 0.6 is 0 Å². The van der Waals surface area contributed by atoms with Gasteiger partial charge >= 0.3 is 0 Å². The molecule has 0 unspecified atom stereocenters. The number of rotatable bonds is 7. The van der Waals surface area contributed by atoms with Gasteiger partial charge in [-0.15, -0.1) is 5.10 Å². The minimum atomic E-state index is -0.246. The van der Waals surface area contributed by atoms with E-state index in [0.29, 0.717) is 30.4 Å². The van der Waals surface area contributed by atoms with Crippen molar-refractivity contribution in [1.29, 1.82) is 0 Å². The Morgan fingerprint density at radius 2 is 1.81 bits per heavy atom. The van der Waals surface area contributed by atoms with Gasteiger partial charge in [-0.3, -0.25) is 0 Å². The van der Waals surface area contributed by atoms with Crippen molar-refractivity contribution in [1.82, 2.24) is 20.2 Å². The molecule has 0 spiro atoms. The highest BCUT2D eigenvalue weighted by Crippen LogP contribution is 2.18. The Balaban J connectivity index is 1.34. The number of aromatic amines is 1. The number of aromatic nitrogens is 4. The fraction of sp³-hybridized carbons (Fsp3) is 0.150. The van der Waals surface area contributed by atoms with Crippen LogP contribution in [0.3, 0.4) is 0 Å². The van der Waals surface area contributed by atoms with E-state index in [2.05, 4.69) is 42.9 Å². The molecule has 136 valence electrons. The smallest absolute Gasteiger partial charge is 0.244 e. The van der Waals surface area contributed by atoms with Crippen LogP contribution in [0, 0.1) is 5.82 Å². The van der Waals surface area contributed by atoms with Crippen molar-refractivity contribution in [3.05, 3.63) is 77.9 Å². The van der Waals surface area contributed by atoms with Crippen LogP contribution in [0.5, 0.6) is 0 Å². The zero-order chi connectivity index (χ0) is 18.5. The Morgan fingerprint density at radius 1 is 0.963 bits per heavy atom. The van der Waals surface area contributed by atoms with Crippen molar-refractivity contribution in [2.24, 2.45) is 0 Å². The Labute approximate surface area is 155 Å². The maximum Gasteiger partial charge on any atom is 0.244 e. The van der Waals surface area contributed by atoms with Gasteiger partial charge in [0.2, 0.25) is 5.95 Å². The molecule has 0 bridgehead atoms. The molecule has 0 aliphatic carbocycles. The summed E-state index contributed by atoms with van der Waals surface area (Å²) in [6, 6.07) is 14.8. The van der Waals surface area contributed by atoms with E-state index in [-0.39, 0.29) is 5.82 Å². The molecular formula is C20H19FN6. The van der Waals surface area contributed by atoms with Gasteiger partial charge in [0.25, 0.3) is 0 Å². The Kier molecular flexibility index (Phi) is 4.91. The van der Waals surface area contributed by atoms with Crippen LogP contribution in [0.25, 0.3) is 10.9 Å². The van der Waals surface area contributed by atoms with E-state index in [0.717, 1.165) is 11.9 Å². The molecule has 7 heteroatoms. The largest absolute Gasteiger partial charge is 0.364 e. The molecule has 0 amide bonds. The summed E-state index contributed by atoms with van der Waals surface area (Å²) < 4.78 is 13.7. The molecule has 0 radical (unpaired) electrons. The summed E-state index contributed by atoms with van der Waals surface area (Å²) in [6.45, 7) is 1.01. The van der Waals surface area contributed by atoms with Gasteiger partial charge < -0.3 is 15.6 Å². The van der Waals surface area contributed by atoms with Gasteiger partial charge in [-0.25, -0.2) is 4.39 Å². The van der Waals surface area contributed by atoms with Gasteiger partial charge in [-0.1, -0.05) is 36.4 Å². The highest BCUT2D eigenvalue weighted by Gasteiger charge is 2.05. The van der Waals surface area contributed by atoms with Gasteiger partial charge in [0.15, 0.2) is 5.82 Å². The molecule has 4 rings (SSSR count). The number of para-hydroxylation sites is 1. The Morgan fingerprint density at radius 3 is 2.74 bits per heavy atom. The predicted molar refractivity (Wildman–Crippen MR) is 104 cm³/mol. The molecule has 0 aliphatic rings. The summed E-state index contributed by atoms with van der Waals surface area (Å²) >= 11 is 0. The highest BCUT2D eigenvalue weighted by molar-refractivity contribution is 5.83. The second-order valence-corrected chi connectivity index (χ2v) is 6.15. The first-order valence-electron chi connectivity index (χ1n) is 8.75. The normalized spacial score (nSPS) is 10.9. The molecule has 3 N–H and O–H groups in total. The number of H-pyrrole nitrogens is 1. The van der Waals surface area contributed by atoms with E-state index in [1.807, 2.05) is 18.3 Å². The standard InChI is InChI=1S/C20H19FN6/c21-17-7-3-1-5-15(17)12-24-19-13-25-27-20(26-19)22-10-9-14-11-23-18-8-4-2-6-16(14)18/h1-8,11,13,23H,9-10,12H2,(H2,22,24,26,27). The van der Waals surface area contributed by atoms with Gasteiger partial charge in [-0.05, 0) is 24.1 Å². The molecule has 27 heavy (non-hydrogen) atoms. The van der Waals surface area contributed by atoms with E-state index in [1.54, 1.807) is 18.2 Å². The zero-order valence-corrected chi connectivity index (χ0v) is 14.6. The first-order chi connectivity index (χ1) is 13.3. The topological polar surface area (TPSA) is 78.5 Å². The summed E-state index contributed by atoms with van der Waals surface area (Å²) in [6.07, 6.45) is 4.38. The zero-order valence-electron chi connectivity index (χ0n) is 14.6. The summed E-state index contributed by atoms with van der Waals surface area (Å²) in [7, 11) is 0. The summed E-state index contributed by atoms with van der Waals surface area (Å²) in [5.41, 5.74) is 2.94. The third-order valence-corrected chi connectivity index (χ3v) is 4.33. The van der Waals surface area contributed by atoms with E-state index in [1.165, 1.54) is 23.2 Å². The minimum Gasteiger partial charge on any atom is -0.364 e. The summed E-state index contributed by atoms with van der Waals surface area (Å²) in [5, 5.41) is 15.4. The van der Waals surface area contributed by atoms with Crippen LogP contribution < -0.4 is 10.6 Å². The van der Waals surface area contributed by atoms with Crippen LogP contribution in [-0.4, -0.2) is 26.7 Å². The molecular weight excluding hydrogens is 343 g/mol. The number of nitrogens with zero attached hydrogens (tertiary/aromatic N) is 3. The quantitative estimate of drug-likeness (QED) is 0.467. The molecule has 0 atom stereocenters. The molecule has 0 fully saturated rings. The van der Waals surface area contributed by atoms with Crippen molar-refractivity contribution in [2.45, 2.75) is 13.0 Å². The molecule has 4 aromatic rings. The monoisotopic (exact) mass is 362 g/mol. The third kappa shape index (κ3) is 4.03. The maximum absolute atomic E-state index is 13.7. The van der Waals surface area contributed by atoms with E-state index in [4.69, 9.17) is 0 Å². The number of hydrogen-bond acceptors (Lipinski definition) is 5. The predicted octanol–water partition coefficient (Wildman–Crippen LogP) is 3.76. The average molecular weight is 362 g/mol. The minimum absolute atomic E-state index is 0.246. The molecule has 0 saturated carbocycles. The molecule has 2 aromatic carbocycles. The van der Waals surface area contributed by atoms with Crippen LogP contribution in [0.15, 0.2) is 60.9 Å². The molecule has 6 nitrogen and oxygen atoms in total. The van der Waals surface area contributed by atoms with Crippen molar-refractivity contribution in [3.8, 4) is 0 Å². The summed E-state index contributed by atoms with van der Waals surface area (Å²) in [4.78, 5) is 7.64. The Hall–Kier alpha value is -3.48. The fourth-order valence-electron chi connectivity index (χ4n) is 2.94. The third-order valence-electron chi connectivity index (χ3n) is 4.33. The Bertz CT molecular complexity index is 1050. The van der Waals surface area contributed by atoms with Crippen LogP contribution in [0.1, 0.15) is 11.1 Å². The lowest BCUT2D eigenvalue weighted by Gasteiger charge is -2.08. The van der Waals surface area contributed by atoms with Crippen LogP contribution in [-0.2, 0) is 13.0 Å².